The van der Waals surface area contributed by atoms with Crippen LogP contribution in [0.25, 0.3) is 0 Å². The van der Waals surface area contributed by atoms with Gasteiger partial charge >= 0.3 is 11.9 Å². The van der Waals surface area contributed by atoms with Crippen molar-refractivity contribution in [2.45, 2.75) is 0 Å². The molecule has 0 aromatic heterocycles. The molecule has 0 heterocycles. The number of hydrogen-bond donors (Lipinski definition) is 1. The summed E-state index contributed by atoms with van der Waals surface area (Å²) in [5.74, 6) is 0.243. The number of ether oxygens (including phenoxy) is 1. The Hall–Kier alpha value is -2.28. The molecule has 0 atom stereocenters. The molecule has 0 radical (unpaired) electrons. The standard InChI is InChI=1S/C11H8O4/c1-3-7-5-4-6-8(11(14)15-2)9(7)10(12)13/h1,4-6H,2H3,(H,12,13). The van der Waals surface area contributed by atoms with Crippen molar-refractivity contribution in [1.29, 1.82) is 0 Å². The summed E-state index contributed by atoms with van der Waals surface area (Å²) in [7, 11) is 1.18. The minimum absolute atomic E-state index is 0.0412. The highest BCUT2D eigenvalue weighted by molar-refractivity contribution is 6.04. The van der Waals surface area contributed by atoms with Crippen LogP contribution < -0.4 is 0 Å². The van der Waals surface area contributed by atoms with E-state index in [0.29, 0.717) is 0 Å². The van der Waals surface area contributed by atoms with Crippen molar-refractivity contribution in [3.05, 3.63) is 34.9 Å². The first-order chi connectivity index (χ1) is 7.11. The molecule has 15 heavy (non-hydrogen) atoms. The van der Waals surface area contributed by atoms with Gasteiger partial charge in [0.15, 0.2) is 0 Å². The quantitative estimate of drug-likeness (QED) is 0.579. The summed E-state index contributed by atoms with van der Waals surface area (Å²) in [6, 6.07) is 4.32. The summed E-state index contributed by atoms with van der Waals surface area (Å²) < 4.78 is 4.46. The molecule has 0 aliphatic rings. The van der Waals surface area contributed by atoms with E-state index in [1.165, 1.54) is 25.3 Å². The molecule has 0 saturated carbocycles. The van der Waals surface area contributed by atoms with Crippen LogP contribution in [0.15, 0.2) is 18.2 Å². The van der Waals surface area contributed by atoms with Gasteiger partial charge in [0.1, 0.15) is 0 Å². The summed E-state index contributed by atoms with van der Waals surface area (Å²) in [5, 5.41) is 8.92. The van der Waals surface area contributed by atoms with Crippen LogP contribution >= 0.6 is 0 Å². The normalized spacial score (nSPS) is 9.07. The molecule has 0 fully saturated rings. The fourth-order valence-corrected chi connectivity index (χ4v) is 1.18. The number of esters is 1. The number of carbonyl (C=O) groups excluding carboxylic acids is 1. The van der Waals surface area contributed by atoms with E-state index >= 15 is 0 Å². The third-order valence-corrected chi connectivity index (χ3v) is 1.84. The lowest BCUT2D eigenvalue weighted by molar-refractivity contribution is 0.0582. The predicted molar refractivity (Wildman–Crippen MR) is 52.7 cm³/mol. The average molecular weight is 204 g/mol. The van der Waals surface area contributed by atoms with E-state index in [0.717, 1.165) is 0 Å². The molecule has 0 unspecified atom stereocenters. The second-order valence-corrected chi connectivity index (χ2v) is 2.67. The lowest BCUT2D eigenvalue weighted by Gasteiger charge is -2.05. The molecule has 0 amide bonds. The van der Waals surface area contributed by atoms with Gasteiger partial charge in [-0.25, -0.2) is 9.59 Å². The molecule has 1 aromatic carbocycles. The zero-order valence-corrected chi connectivity index (χ0v) is 7.98. The predicted octanol–water partition coefficient (Wildman–Crippen LogP) is 1.15. The van der Waals surface area contributed by atoms with Gasteiger partial charge in [0.05, 0.1) is 18.2 Å². The van der Waals surface area contributed by atoms with Crippen LogP contribution in [0.2, 0.25) is 0 Å². The molecular formula is C11H8O4. The number of carboxylic acids is 1. The van der Waals surface area contributed by atoms with Crippen molar-refractivity contribution in [1.82, 2.24) is 0 Å². The Labute approximate surface area is 86.5 Å². The molecule has 0 spiro atoms. The maximum absolute atomic E-state index is 11.3. The van der Waals surface area contributed by atoms with Crippen LogP contribution in [0.4, 0.5) is 0 Å². The molecule has 1 aromatic rings. The van der Waals surface area contributed by atoms with Crippen LogP contribution in [0, 0.1) is 12.3 Å². The Kier molecular flexibility index (Phi) is 3.09. The van der Waals surface area contributed by atoms with Crippen LogP contribution in [0.5, 0.6) is 0 Å². The first-order valence-electron chi connectivity index (χ1n) is 4.03. The Balaban J connectivity index is 3.47. The van der Waals surface area contributed by atoms with E-state index < -0.39 is 11.9 Å². The zero-order valence-electron chi connectivity index (χ0n) is 7.98. The highest BCUT2D eigenvalue weighted by Crippen LogP contribution is 2.15. The van der Waals surface area contributed by atoms with Crippen molar-refractivity contribution in [2.24, 2.45) is 0 Å². The van der Waals surface area contributed by atoms with E-state index in [1.807, 2.05) is 0 Å². The number of carbonyl (C=O) groups is 2. The number of aromatic carboxylic acids is 1. The second-order valence-electron chi connectivity index (χ2n) is 2.67. The summed E-state index contributed by atoms with van der Waals surface area (Å²) in [6.45, 7) is 0. The van der Waals surface area contributed by atoms with Gasteiger partial charge in [0.2, 0.25) is 0 Å². The zero-order chi connectivity index (χ0) is 11.4. The molecule has 0 saturated heterocycles. The van der Waals surface area contributed by atoms with Crippen LogP contribution in [0.1, 0.15) is 26.3 Å². The molecule has 1 rings (SSSR count). The third kappa shape index (κ3) is 1.97. The Morgan fingerprint density at radius 1 is 1.47 bits per heavy atom. The van der Waals surface area contributed by atoms with Crippen molar-refractivity contribution >= 4 is 11.9 Å². The monoisotopic (exact) mass is 204 g/mol. The van der Waals surface area contributed by atoms with Gasteiger partial charge in [-0.3, -0.25) is 0 Å². The molecule has 0 aliphatic heterocycles. The van der Waals surface area contributed by atoms with E-state index in [2.05, 4.69) is 10.7 Å². The number of methoxy groups -OCH3 is 1. The lowest BCUT2D eigenvalue weighted by Crippen LogP contribution is -2.11. The fraction of sp³-hybridized carbons (Fsp3) is 0.0909. The van der Waals surface area contributed by atoms with Crippen molar-refractivity contribution in [3.8, 4) is 12.3 Å². The lowest BCUT2D eigenvalue weighted by atomic mass is 10.0. The van der Waals surface area contributed by atoms with Crippen molar-refractivity contribution < 1.29 is 19.4 Å². The van der Waals surface area contributed by atoms with Gasteiger partial charge in [-0.1, -0.05) is 12.0 Å². The molecule has 4 nitrogen and oxygen atoms in total. The van der Waals surface area contributed by atoms with E-state index in [1.54, 1.807) is 0 Å². The fourth-order valence-electron chi connectivity index (χ4n) is 1.18. The Bertz CT molecular complexity index is 454. The van der Waals surface area contributed by atoms with Crippen LogP contribution in [-0.4, -0.2) is 24.2 Å². The second kappa shape index (κ2) is 4.29. The molecule has 0 aliphatic carbocycles. The first kappa shape index (κ1) is 10.8. The third-order valence-electron chi connectivity index (χ3n) is 1.84. The topological polar surface area (TPSA) is 63.6 Å². The van der Waals surface area contributed by atoms with Gasteiger partial charge in [-0.15, -0.1) is 6.42 Å². The van der Waals surface area contributed by atoms with Gasteiger partial charge in [-0.05, 0) is 12.1 Å². The van der Waals surface area contributed by atoms with Gasteiger partial charge in [0, 0.05) is 5.56 Å². The number of hydrogen-bond acceptors (Lipinski definition) is 3. The van der Waals surface area contributed by atoms with Crippen molar-refractivity contribution in [2.75, 3.05) is 7.11 Å². The molecule has 0 bridgehead atoms. The van der Waals surface area contributed by atoms with E-state index in [9.17, 15) is 9.59 Å². The maximum Gasteiger partial charge on any atom is 0.338 e. The Morgan fingerprint density at radius 2 is 2.13 bits per heavy atom. The van der Waals surface area contributed by atoms with Crippen LogP contribution in [0.3, 0.4) is 0 Å². The van der Waals surface area contributed by atoms with Crippen molar-refractivity contribution in [3.63, 3.8) is 0 Å². The van der Waals surface area contributed by atoms with Gasteiger partial charge in [0.25, 0.3) is 0 Å². The summed E-state index contributed by atoms with van der Waals surface area (Å²) in [6.07, 6.45) is 5.13. The van der Waals surface area contributed by atoms with Gasteiger partial charge in [-0.2, -0.15) is 0 Å². The van der Waals surface area contributed by atoms with E-state index in [4.69, 9.17) is 11.5 Å². The molecule has 1 N–H and O–H groups in total. The number of benzene rings is 1. The molecular weight excluding hydrogens is 196 g/mol. The minimum Gasteiger partial charge on any atom is -0.478 e. The number of terminal acetylenes is 1. The molecule has 4 heteroatoms. The minimum atomic E-state index is -1.25. The maximum atomic E-state index is 11.3. The highest BCUT2D eigenvalue weighted by atomic mass is 16.5. The summed E-state index contributed by atoms with van der Waals surface area (Å²) in [4.78, 5) is 22.2. The largest absolute Gasteiger partial charge is 0.478 e. The summed E-state index contributed by atoms with van der Waals surface area (Å²) in [5.41, 5.74) is -0.0855. The highest BCUT2D eigenvalue weighted by Gasteiger charge is 2.19. The smallest absolute Gasteiger partial charge is 0.338 e. The average Bonchev–Trinajstić information content (AvgIpc) is 2.26. The summed E-state index contributed by atoms with van der Waals surface area (Å²) >= 11 is 0. The van der Waals surface area contributed by atoms with Gasteiger partial charge < -0.3 is 9.84 Å². The SMILES string of the molecule is C#Cc1cccc(C(=O)OC)c1C(=O)O. The van der Waals surface area contributed by atoms with Crippen LogP contribution in [-0.2, 0) is 4.74 Å². The number of carboxylic acid groups (broad SMARTS) is 1. The van der Waals surface area contributed by atoms with E-state index in [-0.39, 0.29) is 16.7 Å². The molecule has 76 valence electrons. The first-order valence-corrected chi connectivity index (χ1v) is 4.03. The number of rotatable bonds is 2. The Morgan fingerprint density at radius 3 is 2.60 bits per heavy atom.